The number of carbonyl (C=O) groups is 9. The first kappa shape index (κ1) is 74.3. The number of ether oxygens (including phenoxy) is 10. The normalized spacial score (nSPS) is 20.4. The Kier molecular flexibility index (Phi) is 22.9. The van der Waals surface area contributed by atoms with Crippen LogP contribution in [0, 0.1) is 23.7 Å². The van der Waals surface area contributed by atoms with Gasteiger partial charge in [0.1, 0.15) is 25.4 Å². The van der Waals surface area contributed by atoms with Gasteiger partial charge in [0.2, 0.25) is 5.91 Å². The van der Waals surface area contributed by atoms with Gasteiger partial charge in [-0.2, -0.15) is 0 Å². The SMILES string of the molecule is CC(=O)N1CCC2(CC1)c1cc(C#C[C@H]3O[C@H](COC(=O)c4ccccc4)[C@@H](OC(=O)c4ccccc4)[C@H](OC(=O)c4ccccc4)[C@@H]3OC(=O)c3ccccc3)ccc1-c1ccc(C#C[C@H]3O[C@H](COC(=O)c4ccccc4)[C@@H](OC(=O)c4ccccc4)[C@H](OC(=O)c4ccccc4)[C@@H]3OC(=O)c3ccccc3)cc12. The van der Waals surface area contributed by atoms with Crippen molar-refractivity contribution in [2.45, 2.75) is 86.2 Å². The smallest absolute Gasteiger partial charge is 0.338 e. The lowest BCUT2D eigenvalue weighted by Crippen LogP contribution is -2.62. The van der Waals surface area contributed by atoms with Gasteiger partial charge in [0, 0.05) is 36.6 Å². The molecular formula is C91H71NO19. The summed E-state index contributed by atoms with van der Waals surface area (Å²) >= 11 is 0. The molecule has 3 saturated heterocycles. The number of nitrogens with zero attached hydrogens (tertiary/aromatic N) is 1. The maximum absolute atomic E-state index is 14.5. The Hall–Kier alpha value is -13.5. The summed E-state index contributed by atoms with van der Waals surface area (Å²) in [6.07, 6.45) is -14.8. The minimum Gasteiger partial charge on any atom is -0.459 e. The zero-order valence-electron chi connectivity index (χ0n) is 59.8. The van der Waals surface area contributed by atoms with Gasteiger partial charge in [-0.05, 0) is 156 Å². The third-order valence-corrected chi connectivity index (χ3v) is 19.7. The molecule has 3 heterocycles. The van der Waals surface area contributed by atoms with Gasteiger partial charge in [-0.25, -0.2) is 38.4 Å². The summed E-state index contributed by atoms with van der Waals surface area (Å²) in [6.45, 7) is 1.10. The maximum atomic E-state index is 14.5. The van der Waals surface area contributed by atoms with E-state index >= 15 is 0 Å². The number of carbonyl (C=O) groups excluding carboxylic acids is 9. The van der Waals surface area contributed by atoms with Crippen LogP contribution in [0.4, 0.5) is 0 Å². The molecule has 3 fully saturated rings. The van der Waals surface area contributed by atoms with Crippen LogP contribution in [0.2, 0.25) is 0 Å². The van der Waals surface area contributed by atoms with Gasteiger partial charge in [-0.15, -0.1) is 0 Å². The number of benzene rings is 10. The highest BCUT2D eigenvalue weighted by molar-refractivity contribution is 5.94. The number of amides is 1. The first-order chi connectivity index (χ1) is 54.1. The molecule has 111 heavy (non-hydrogen) atoms. The molecule has 10 atom stereocenters. The Morgan fingerprint density at radius 1 is 0.333 bits per heavy atom. The summed E-state index contributed by atoms with van der Waals surface area (Å²) < 4.78 is 63.5. The summed E-state index contributed by atoms with van der Waals surface area (Å²) in [6, 6.07) is 76.1. The van der Waals surface area contributed by atoms with Gasteiger partial charge in [0.15, 0.2) is 48.8 Å². The summed E-state index contributed by atoms with van der Waals surface area (Å²) in [7, 11) is 0. The van der Waals surface area contributed by atoms with Crippen LogP contribution < -0.4 is 0 Å². The molecule has 0 unspecified atom stereocenters. The lowest BCUT2D eigenvalue weighted by atomic mass is 9.70. The lowest BCUT2D eigenvalue weighted by molar-refractivity contribution is -0.215. The molecule has 10 aromatic rings. The topological polar surface area (TPSA) is 249 Å². The molecule has 1 aliphatic carbocycles. The van der Waals surface area contributed by atoms with E-state index in [4.69, 9.17) is 47.4 Å². The van der Waals surface area contributed by atoms with Crippen LogP contribution in [-0.4, -0.2) is 146 Å². The summed E-state index contributed by atoms with van der Waals surface area (Å²) in [5.41, 5.74) is 4.66. The largest absolute Gasteiger partial charge is 0.459 e. The van der Waals surface area contributed by atoms with E-state index in [1.54, 1.807) is 175 Å². The quantitative estimate of drug-likeness (QED) is 0.0440. The van der Waals surface area contributed by atoms with Crippen LogP contribution in [0.15, 0.2) is 279 Å². The van der Waals surface area contributed by atoms with Gasteiger partial charge >= 0.3 is 47.8 Å². The highest BCUT2D eigenvalue weighted by Gasteiger charge is 2.55. The van der Waals surface area contributed by atoms with E-state index in [2.05, 4.69) is 23.7 Å². The fraction of sp³-hybridized carbons (Fsp3) is 0.198. The van der Waals surface area contributed by atoms with E-state index in [1.165, 1.54) is 79.7 Å². The van der Waals surface area contributed by atoms with Crippen LogP contribution in [-0.2, 0) is 57.6 Å². The van der Waals surface area contributed by atoms with Gasteiger partial charge in [-0.3, -0.25) is 4.79 Å². The van der Waals surface area contributed by atoms with Crippen molar-refractivity contribution in [2.24, 2.45) is 0 Å². The molecule has 10 aromatic carbocycles. The molecule has 4 aliphatic rings. The van der Waals surface area contributed by atoms with Gasteiger partial charge < -0.3 is 52.3 Å². The number of esters is 8. The van der Waals surface area contributed by atoms with Crippen LogP contribution >= 0.6 is 0 Å². The third kappa shape index (κ3) is 17.1. The van der Waals surface area contributed by atoms with E-state index in [9.17, 15) is 43.2 Å². The fourth-order valence-electron chi connectivity index (χ4n) is 14.1. The highest BCUT2D eigenvalue weighted by Crippen LogP contribution is 2.54. The standard InChI is InChI=1S/C91H71NO19/c1-58(93)92-52-50-91(51-53-92)71-54-59(44-48-73-77(106-85(96)63-30-14-4-15-31-63)81(110-89(100)67-38-22-8-23-39-67)79(108-87(98)65-34-18-6-19-35-65)75(104-73)56-102-83(94)61-26-10-2-11-27-61)42-46-69(71)70-47-43-60(55-72(70)91)45-49-74-78(107-86(97)64-32-16-5-17-33-64)82(111-90(101)68-40-24-9-25-41-68)80(109-88(99)66-36-20-7-21-37-66)76(105-74)57-103-84(95)62-28-12-3-13-29-62/h2-43,46-47,54-55,73-82H,50-53,56-57H2,1H3/t73-,74-,75-,76-,77-,78-,79-,80-,81-,82-/m1/s1. The van der Waals surface area contributed by atoms with Gasteiger partial charge in [-0.1, -0.05) is 181 Å². The minimum atomic E-state index is -1.67. The van der Waals surface area contributed by atoms with Crippen molar-refractivity contribution < 1.29 is 90.5 Å². The van der Waals surface area contributed by atoms with E-state index < -0.39 is 127 Å². The molecule has 1 spiro atoms. The molecule has 1 amide bonds. The van der Waals surface area contributed by atoms with Gasteiger partial charge in [0.25, 0.3) is 0 Å². The van der Waals surface area contributed by atoms with E-state index in [-0.39, 0.29) is 50.4 Å². The van der Waals surface area contributed by atoms with E-state index in [1.807, 2.05) is 36.4 Å². The average molecular weight is 1480 g/mol. The van der Waals surface area contributed by atoms with Crippen molar-refractivity contribution in [3.63, 3.8) is 0 Å². The van der Waals surface area contributed by atoms with Crippen molar-refractivity contribution in [1.82, 2.24) is 4.90 Å². The Morgan fingerprint density at radius 3 is 0.856 bits per heavy atom. The Balaban J connectivity index is 0.847. The second-order valence-corrected chi connectivity index (χ2v) is 26.7. The molecule has 0 saturated carbocycles. The summed E-state index contributed by atoms with van der Waals surface area (Å²) in [5.74, 6) is 6.19. The third-order valence-electron chi connectivity index (χ3n) is 19.7. The van der Waals surface area contributed by atoms with E-state index in [0.717, 1.165) is 22.3 Å². The van der Waals surface area contributed by atoms with Crippen molar-refractivity contribution in [3.8, 4) is 34.8 Å². The first-order valence-electron chi connectivity index (χ1n) is 36.0. The Bertz CT molecular complexity index is 4880. The average Bonchev–Trinajstić information content (AvgIpc) is 1.56. The number of likely N-dealkylation sites (tertiary alicyclic amines) is 1. The molecule has 20 nitrogen and oxygen atoms in total. The van der Waals surface area contributed by atoms with Crippen molar-refractivity contribution >= 4 is 53.7 Å². The van der Waals surface area contributed by atoms with Gasteiger partial charge in [0.05, 0.1) is 44.5 Å². The molecule has 0 aromatic heterocycles. The monoisotopic (exact) mass is 1480 g/mol. The van der Waals surface area contributed by atoms with Crippen molar-refractivity contribution in [3.05, 3.63) is 346 Å². The Morgan fingerprint density at radius 2 is 0.586 bits per heavy atom. The number of hydrogen-bond donors (Lipinski definition) is 0. The summed E-state index contributed by atoms with van der Waals surface area (Å²) in [5, 5.41) is 0. The Labute approximate surface area is 639 Å². The number of fused-ring (bicyclic) bond motifs is 5. The zero-order valence-corrected chi connectivity index (χ0v) is 59.8. The van der Waals surface area contributed by atoms with E-state index in [0.29, 0.717) is 37.1 Å². The van der Waals surface area contributed by atoms with Crippen molar-refractivity contribution in [1.29, 1.82) is 0 Å². The molecule has 0 N–H and O–H groups in total. The predicted molar refractivity (Wildman–Crippen MR) is 403 cm³/mol. The second kappa shape index (κ2) is 34.1. The molecule has 0 radical (unpaired) electrons. The number of hydrogen-bond acceptors (Lipinski definition) is 19. The zero-order chi connectivity index (χ0) is 76.8. The molecule has 20 heteroatoms. The fourth-order valence-corrected chi connectivity index (χ4v) is 14.1. The minimum absolute atomic E-state index is 0.108. The van der Waals surface area contributed by atoms with Crippen LogP contribution in [0.5, 0.6) is 0 Å². The summed E-state index contributed by atoms with van der Waals surface area (Å²) in [4.78, 5) is 129. The molecule has 554 valence electrons. The van der Waals surface area contributed by atoms with Crippen LogP contribution in [0.25, 0.3) is 11.1 Å². The van der Waals surface area contributed by atoms with Crippen LogP contribution in [0.1, 0.15) is 125 Å². The molecular weight excluding hydrogens is 1410 g/mol. The first-order valence-corrected chi connectivity index (χ1v) is 36.0. The molecule has 0 bridgehead atoms. The second-order valence-electron chi connectivity index (χ2n) is 26.7. The van der Waals surface area contributed by atoms with Crippen molar-refractivity contribution in [2.75, 3.05) is 26.3 Å². The maximum Gasteiger partial charge on any atom is 0.338 e. The number of piperidine rings is 1. The predicted octanol–water partition coefficient (Wildman–Crippen LogP) is 12.9. The highest BCUT2D eigenvalue weighted by atomic mass is 16.7. The van der Waals surface area contributed by atoms with Crippen LogP contribution in [0.3, 0.4) is 0 Å². The molecule has 14 rings (SSSR count). The number of rotatable bonds is 18. The lowest BCUT2D eigenvalue weighted by Gasteiger charge is -2.43. The molecule has 3 aliphatic heterocycles.